The zero-order valence-electron chi connectivity index (χ0n) is 14.1. The predicted molar refractivity (Wildman–Crippen MR) is 90.4 cm³/mol. The molecule has 2 unspecified atom stereocenters. The number of rotatable bonds is 1. The van der Waals surface area contributed by atoms with Crippen molar-refractivity contribution in [2.24, 2.45) is 11.1 Å². The first-order valence-electron chi connectivity index (χ1n) is 8.57. The van der Waals surface area contributed by atoms with Gasteiger partial charge in [-0.1, -0.05) is 18.1 Å². The number of hydrogen-bond acceptors (Lipinski definition) is 5. The van der Waals surface area contributed by atoms with Crippen LogP contribution in [0.3, 0.4) is 0 Å². The Balaban J connectivity index is 1.86. The first-order chi connectivity index (χ1) is 11.7. The first kappa shape index (κ1) is 15.2. The minimum Gasteiger partial charge on any atom is -0.497 e. The molecule has 0 saturated carbocycles. The molecule has 0 amide bonds. The second kappa shape index (κ2) is 5.65. The monoisotopic (exact) mass is 326 g/mol. The fourth-order valence-electron chi connectivity index (χ4n) is 4.53. The standard InChI is InChI=1S/C19H22N2O3/c1-11-18(20-23)17-15(4-3-5-16(17)22)21-9-8-12-10-13(24-2)6-7-14(12)19(11)21/h6-7,10-11,19,23H,3-5,8-9H2,1-2H3. The summed E-state index contributed by atoms with van der Waals surface area (Å²) in [6.07, 6.45) is 3.25. The second-order valence-corrected chi connectivity index (χ2v) is 6.83. The molecular weight excluding hydrogens is 304 g/mol. The average Bonchev–Trinajstić information content (AvgIpc) is 2.61. The van der Waals surface area contributed by atoms with Gasteiger partial charge in [0.15, 0.2) is 5.78 Å². The number of carbonyl (C=O) groups is 1. The van der Waals surface area contributed by atoms with E-state index in [-0.39, 0.29) is 17.7 Å². The van der Waals surface area contributed by atoms with Gasteiger partial charge in [-0.2, -0.15) is 0 Å². The molecule has 4 rings (SSSR count). The van der Waals surface area contributed by atoms with Crippen molar-refractivity contribution >= 4 is 11.5 Å². The summed E-state index contributed by atoms with van der Waals surface area (Å²) in [5, 5.41) is 13.1. The molecule has 126 valence electrons. The van der Waals surface area contributed by atoms with Crippen LogP contribution in [-0.2, 0) is 11.2 Å². The van der Waals surface area contributed by atoms with Crippen LogP contribution >= 0.6 is 0 Å². The number of ether oxygens (including phenoxy) is 1. The van der Waals surface area contributed by atoms with Gasteiger partial charge in [0.2, 0.25) is 0 Å². The number of oxime groups is 1. The van der Waals surface area contributed by atoms with Gasteiger partial charge in [-0.15, -0.1) is 0 Å². The van der Waals surface area contributed by atoms with Crippen LogP contribution in [0, 0.1) is 5.92 Å². The molecule has 0 bridgehead atoms. The number of Topliss-reactive ketones (excluding diaryl/α,β-unsaturated/α-hetero) is 1. The van der Waals surface area contributed by atoms with Gasteiger partial charge in [0.05, 0.1) is 24.4 Å². The molecule has 0 saturated heterocycles. The summed E-state index contributed by atoms with van der Waals surface area (Å²) in [4.78, 5) is 14.8. The Bertz CT molecular complexity index is 766. The van der Waals surface area contributed by atoms with Crippen LogP contribution < -0.4 is 4.74 Å². The maximum atomic E-state index is 12.5. The van der Waals surface area contributed by atoms with Gasteiger partial charge in [-0.25, -0.2) is 0 Å². The van der Waals surface area contributed by atoms with Gasteiger partial charge in [0.1, 0.15) is 5.75 Å². The quantitative estimate of drug-likeness (QED) is 0.636. The van der Waals surface area contributed by atoms with Gasteiger partial charge in [-0.3, -0.25) is 4.79 Å². The molecule has 0 spiro atoms. The maximum Gasteiger partial charge on any atom is 0.166 e. The van der Waals surface area contributed by atoms with E-state index in [1.165, 1.54) is 11.1 Å². The Hall–Kier alpha value is -2.30. The first-order valence-corrected chi connectivity index (χ1v) is 8.57. The Kier molecular flexibility index (Phi) is 3.59. The molecule has 0 fully saturated rings. The largest absolute Gasteiger partial charge is 0.497 e. The molecular formula is C19H22N2O3. The summed E-state index contributed by atoms with van der Waals surface area (Å²) in [6, 6.07) is 6.33. The SMILES string of the molecule is COc1ccc2c(c1)CCN1C3=C(C(=O)CCC3)C(=NO)C(C)C21. The fraction of sp³-hybridized carbons (Fsp3) is 0.474. The number of ketones is 1. The number of methoxy groups -OCH3 is 1. The zero-order valence-corrected chi connectivity index (χ0v) is 14.1. The van der Waals surface area contributed by atoms with Gasteiger partial charge >= 0.3 is 0 Å². The topological polar surface area (TPSA) is 62.1 Å². The number of fused-ring (bicyclic) bond motifs is 4. The lowest BCUT2D eigenvalue weighted by atomic mass is 9.74. The number of hydrogen-bond donors (Lipinski definition) is 1. The van der Waals surface area contributed by atoms with Gasteiger partial charge in [0, 0.05) is 24.6 Å². The highest BCUT2D eigenvalue weighted by atomic mass is 16.5. The van der Waals surface area contributed by atoms with E-state index in [9.17, 15) is 10.0 Å². The highest BCUT2D eigenvalue weighted by molar-refractivity contribution is 6.24. The summed E-state index contributed by atoms with van der Waals surface area (Å²) in [7, 11) is 1.68. The third-order valence-electron chi connectivity index (χ3n) is 5.63. The molecule has 5 nitrogen and oxygen atoms in total. The van der Waals surface area contributed by atoms with E-state index in [4.69, 9.17) is 4.74 Å². The van der Waals surface area contributed by atoms with Crippen molar-refractivity contribution < 1.29 is 14.7 Å². The van der Waals surface area contributed by atoms with Gasteiger partial charge < -0.3 is 14.8 Å². The van der Waals surface area contributed by atoms with Crippen LogP contribution in [0.25, 0.3) is 0 Å². The minimum atomic E-state index is -0.0248. The lowest BCUT2D eigenvalue weighted by molar-refractivity contribution is -0.116. The molecule has 5 heteroatoms. The van der Waals surface area contributed by atoms with E-state index in [0.717, 1.165) is 37.3 Å². The Morgan fingerprint density at radius 1 is 1.29 bits per heavy atom. The summed E-state index contributed by atoms with van der Waals surface area (Å²) in [5.74, 6) is 0.965. The van der Waals surface area contributed by atoms with E-state index in [0.29, 0.717) is 17.7 Å². The Morgan fingerprint density at radius 2 is 2.12 bits per heavy atom. The molecule has 2 atom stereocenters. The van der Waals surface area contributed by atoms with Crippen LogP contribution in [0.4, 0.5) is 0 Å². The van der Waals surface area contributed by atoms with Crippen molar-refractivity contribution in [3.63, 3.8) is 0 Å². The molecule has 1 aliphatic carbocycles. The van der Waals surface area contributed by atoms with Gasteiger partial charge in [0.25, 0.3) is 0 Å². The third kappa shape index (κ3) is 2.07. The molecule has 1 N–H and O–H groups in total. The molecule has 3 aliphatic rings. The number of nitrogens with zero attached hydrogens (tertiary/aromatic N) is 2. The normalized spacial score (nSPS) is 27.7. The molecule has 24 heavy (non-hydrogen) atoms. The van der Waals surface area contributed by atoms with Crippen LogP contribution in [0.1, 0.15) is 43.4 Å². The van der Waals surface area contributed by atoms with E-state index in [1.54, 1.807) is 7.11 Å². The highest BCUT2D eigenvalue weighted by Gasteiger charge is 2.44. The molecule has 2 heterocycles. The van der Waals surface area contributed by atoms with Crippen molar-refractivity contribution in [2.75, 3.05) is 13.7 Å². The van der Waals surface area contributed by atoms with E-state index in [2.05, 4.69) is 29.1 Å². The van der Waals surface area contributed by atoms with Crippen molar-refractivity contribution in [3.8, 4) is 5.75 Å². The number of benzene rings is 1. The molecule has 0 radical (unpaired) electrons. The molecule has 0 aromatic heterocycles. The van der Waals surface area contributed by atoms with Crippen LogP contribution in [0.2, 0.25) is 0 Å². The van der Waals surface area contributed by atoms with E-state index in [1.807, 2.05) is 6.07 Å². The predicted octanol–water partition coefficient (Wildman–Crippen LogP) is 3.08. The third-order valence-corrected chi connectivity index (χ3v) is 5.63. The van der Waals surface area contributed by atoms with Crippen molar-refractivity contribution in [1.29, 1.82) is 0 Å². The smallest absolute Gasteiger partial charge is 0.166 e. The summed E-state index contributed by atoms with van der Waals surface area (Å²) >= 11 is 0. The maximum absolute atomic E-state index is 12.5. The van der Waals surface area contributed by atoms with Crippen LogP contribution in [0.5, 0.6) is 5.75 Å². The number of carbonyl (C=O) groups excluding carboxylic acids is 1. The van der Waals surface area contributed by atoms with Crippen molar-refractivity contribution in [3.05, 3.63) is 40.6 Å². The lowest BCUT2D eigenvalue weighted by Crippen LogP contribution is -2.47. The summed E-state index contributed by atoms with van der Waals surface area (Å²) in [6.45, 7) is 2.94. The highest BCUT2D eigenvalue weighted by Crippen LogP contribution is 2.46. The molecule has 1 aromatic rings. The van der Waals surface area contributed by atoms with Crippen LogP contribution in [-0.4, -0.2) is 35.3 Å². The average molecular weight is 326 g/mol. The van der Waals surface area contributed by atoms with Crippen molar-refractivity contribution in [1.82, 2.24) is 4.90 Å². The lowest BCUT2D eigenvalue weighted by Gasteiger charge is -2.48. The number of allylic oxidation sites excluding steroid dienone is 2. The molecule has 2 aliphatic heterocycles. The van der Waals surface area contributed by atoms with E-state index >= 15 is 0 Å². The molecule has 1 aromatic carbocycles. The fourth-order valence-corrected chi connectivity index (χ4v) is 4.53. The summed E-state index contributed by atoms with van der Waals surface area (Å²) in [5.41, 5.74) is 4.83. The Morgan fingerprint density at radius 3 is 2.88 bits per heavy atom. The Labute approximate surface area is 141 Å². The second-order valence-electron chi connectivity index (χ2n) is 6.83. The van der Waals surface area contributed by atoms with Crippen molar-refractivity contribution in [2.45, 2.75) is 38.6 Å². The summed E-state index contributed by atoms with van der Waals surface area (Å²) < 4.78 is 5.35. The van der Waals surface area contributed by atoms with E-state index < -0.39 is 0 Å². The van der Waals surface area contributed by atoms with Gasteiger partial charge in [-0.05, 0) is 42.5 Å². The zero-order chi connectivity index (χ0) is 16.8. The van der Waals surface area contributed by atoms with Crippen LogP contribution in [0.15, 0.2) is 34.6 Å². The minimum absolute atomic E-state index is 0.0248.